The van der Waals surface area contributed by atoms with E-state index in [1.807, 2.05) is 13.8 Å². The zero-order valence-electron chi connectivity index (χ0n) is 10.7. The molecule has 1 saturated carbocycles. The molecule has 0 amide bonds. The van der Waals surface area contributed by atoms with E-state index in [1.165, 1.54) is 25.5 Å². The maximum atomic E-state index is 11.5. The Hall–Kier alpha value is -1.29. The number of nitrogens with one attached hydrogen (secondary N) is 2. The molecule has 0 spiro atoms. The molecule has 0 radical (unpaired) electrons. The number of ether oxygens (including phenoxy) is 1. The first-order valence-electron chi connectivity index (χ1n) is 6.10. The monoisotopic (exact) mass is 236 g/mol. The average molecular weight is 236 g/mol. The minimum atomic E-state index is -0.293. The minimum absolute atomic E-state index is 0.293. The third-order valence-electron chi connectivity index (χ3n) is 3.41. The topological polar surface area (TPSA) is 54.1 Å². The molecule has 0 unspecified atom stereocenters. The van der Waals surface area contributed by atoms with Crippen molar-refractivity contribution in [3.05, 3.63) is 22.5 Å². The van der Waals surface area contributed by atoms with Crippen LogP contribution in [0.5, 0.6) is 0 Å². The number of hydrogen-bond acceptors (Lipinski definition) is 3. The van der Waals surface area contributed by atoms with E-state index in [-0.39, 0.29) is 5.97 Å². The van der Waals surface area contributed by atoms with E-state index in [0.717, 1.165) is 30.3 Å². The largest absolute Gasteiger partial charge is 0.464 e. The number of hydrogen-bond donors (Lipinski definition) is 2. The standard InChI is InChI=1S/C13H20N2O2/c1-8-11(7-14-6-10-4-5-10)9(2)15-12(8)13(16)17-3/h10,14-15H,4-7H2,1-3H3. The molecule has 1 aromatic heterocycles. The number of aromatic amines is 1. The van der Waals surface area contributed by atoms with Crippen molar-refractivity contribution in [1.82, 2.24) is 10.3 Å². The summed E-state index contributed by atoms with van der Waals surface area (Å²) in [4.78, 5) is 14.6. The normalized spacial score (nSPS) is 15.0. The lowest BCUT2D eigenvalue weighted by atomic mass is 10.1. The Morgan fingerprint density at radius 2 is 2.18 bits per heavy atom. The van der Waals surface area contributed by atoms with Gasteiger partial charge >= 0.3 is 5.97 Å². The maximum Gasteiger partial charge on any atom is 0.354 e. The highest BCUT2D eigenvalue weighted by Gasteiger charge is 2.21. The molecule has 0 atom stereocenters. The third-order valence-corrected chi connectivity index (χ3v) is 3.41. The Kier molecular flexibility index (Phi) is 3.52. The van der Waals surface area contributed by atoms with Gasteiger partial charge in [-0.3, -0.25) is 0 Å². The molecule has 0 saturated heterocycles. The van der Waals surface area contributed by atoms with E-state index >= 15 is 0 Å². The van der Waals surface area contributed by atoms with E-state index in [2.05, 4.69) is 10.3 Å². The first kappa shape index (κ1) is 12.2. The molecule has 0 aromatic carbocycles. The Morgan fingerprint density at radius 1 is 1.47 bits per heavy atom. The summed E-state index contributed by atoms with van der Waals surface area (Å²) in [6, 6.07) is 0. The lowest BCUT2D eigenvalue weighted by Gasteiger charge is -2.04. The highest BCUT2D eigenvalue weighted by molar-refractivity contribution is 5.89. The lowest BCUT2D eigenvalue weighted by Crippen LogP contribution is -2.17. The van der Waals surface area contributed by atoms with Gasteiger partial charge in [0.1, 0.15) is 5.69 Å². The third kappa shape index (κ3) is 2.69. The van der Waals surface area contributed by atoms with Gasteiger partial charge in [0.05, 0.1) is 7.11 Å². The van der Waals surface area contributed by atoms with Crippen LogP contribution in [-0.4, -0.2) is 24.6 Å². The zero-order valence-corrected chi connectivity index (χ0v) is 10.7. The van der Waals surface area contributed by atoms with E-state index in [9.17, 15) is 4.79 Å². The fraction of sp³-hybridized carbons (Fsp3) is 0.615. The van der Waals surface area contributed by atoms with Crippen LogP contribution in [-0.2, 0) is 11.3 Å². The number of aromatic nitrogens is 1. The van der Waals surface area contributed by atoms with E-state index in [1.54, 1.807) is 0 Å². The molecule has 2 N–H and O–H groups in total. The highest BCUT2D eigenvalue weighted by Crippen LogP contribution is 2.28. The molecule has 1 aliphatic rings. The van der Waals surface area contributed by atoms with Crippen molar-refractivity contribution in [2.24, 2.45) is 5.92 Å². The lowest BCUT2D eigenvalue weighted by molar-refractivity contribution is 0.0594. The fourth-order valence-electron chi connectivity index (χ4n) is 2.08. The Balaban J connectivity index is 2.04. The first-order valence-corrected chi connectivity index (χ1v) is 6.10. The van der Waals surface area contributed by atoms with Crippen molar-refractivity contribution < 1.29 is 9.53 Å². The van der Waals surface area contributed by atoms with Gasteiger partial charge in [0.15, 0.2) is 0 Å². The molecule has 0 aliphatic heterocycles. The second kappa shape index (κ2) is 4.92. The highest BCUT2D eigenvalue weighted by atomic mass is 16.5. The van der Waals surface area contributed by atoms with Gasteiger partial charge in [-0.25, -0.2) is 4.79 Å². The van der Waals surface area contributed by atoms with E-state index in [0.29, 0.717) is 5.69 Å². The number of carbonyl (C=O) groups excluding carboxylic acids is 1. The second-order valence-electron chi connectivity index (χ2n) is 4.79. The number of esters is 1. The average Bonchev–Trinajstić information content (AvgIpc) is 3.09. The van der Waals surface area contributed by atoms with Crippen LogP contribution in [0.2, 0.25) is 0 Å². The van der Waals surface area contributed by atoms with Gasteiger partial charge < -0.3 is 15.0 Å². The van der Waals surface area contributed by atoms with Crippen LogP contribution < -0.4 is 5.32 Å². The predicted molar refractivity (Wildman–Crippen MR) is 66.0 cm³/mol. The Labute approximate surface area is 102 Å². The summed E-state index contributed by atoms with van der Waals surface area (Å²) in [7, 11) is 1.41. The SMILES string of the molecule is COC(=O)c1[nH]c(C)c(CNCC2CC2)c1C. The van der Waals surface area contributed by atoms with Gasteiger partial charge in [-0.1, -0.05) is 0 Å². The van der Waals surface area contributed by atoms with Crippen molar-refractivity contribution in [3.8, 4) is 0 Å². The quantitative estimate of drug-likeness (QED) is 0.768. The number of aryl methyl sites for hydroxylation is 1. The number of H-pyrrole nitrogens is 1. The van der Waals surface area contributed by atoms with Gasteiger partial charge in [-0.2, -0.15) is 0 Å². The molecule has 2 rings (SSSR count). The van der Waals surface area contributed by atoms with Crippen molar-refractivity contribution in [2.75, 3.05) is 13.7 Å². The van der Waals surface area contributed by atoms with Crippen molar-refractivity contribution in [2.45, 2.75) is 33.2 Å². The van der Waals surface area contributed by atoms with Crippen LogP contribution in [0.25, 0.3) is 0 Å². The van der Waals surface area contributed by atoms with Crippen LogP contribution >= 0.6 is 0 Å². The summed E-state index contributed by atoms with van der Waals surface area (Å²) >= 11 is 0. The molecule has 1 heterocycles. The maximum absolute atomic E-state index is 11.5. The molecular weight excluding hydrogens is 216 g/mol. The van der Waals surface area contributed by atoms with Crippen molar-refractivity contribution in [3.63, 3.8) is 0 Å². The van der Waals surface area contributed by atoms with Crippen LogP contribution in [0.4, 0.5) is 0 Å². The van der Waals surface area contributed by atoms with Crippen LogP contribution in [0.1, 0.15) is 40.2 Å². The molecule has 17 heavy (non-hydrogen) atoms. The number of carbonyl (C=O) groups is 1. The molecule has 1 aromatic rings. The van der Waals surface area contributed by atoms with Crippen LogP contribution in [0.3, 0.4) is 0 Å². The predicted octanol–water partition coefficient (Wildman–Crippen LogP) is 1.92. The smallest absolute Gasteiger partial charge is 0.354 e. The number of methoxy groups -OCH3 is 1. The van der Waals surface area contributed by atoms with E-state index in [4.69, 9.17) is 4.74 Å². The summed E-state index contributed by atoms with van der Waals surface area (Å²) in [6.45, 7) is 5.86. The Morgan fingerprint density at radius 3 is 2.76 bits per heavy atom. The summed E-state index contributed by atoms with van der Waals surface area (Å²) < 4.78 is 4.75. The van der Waals surface area contributed by atoms with Crippen molar-refractivity contribution in [1.29, 1.82) is 0 Å². The first-order chi connectivity index (χ1) is 8.13. The second-order valence-corrected chi connectivity index (χ2v) is 4.79. The van der Waals surface area contributed by atoms with Gasteiger partial charge in [0.2, 0.25) is 0 Å². The molecule has 4 nitrogen and oxygen atoms in total. The molecule has 0 bridgehead atoms. The summed E-state index contributed by atoms with van der Waals surface area (Å²) in [5, 5.41) is 3.44. The van der Waals surface area contributed by atoms with Gasteiger partial charge in [0, 0.05) is 12.2 Å². The number of rotatable bonds is 5. The summed E-state index contributed by atoms with van der Waals surface area (Å²) in [6.07, 6.45) is 2.71. The minimum Gasteiger partial charge on any atom is -0.464 e. The molecule has 1 fully saturated rings. The van der Waals surface area contributed by atoms with Gasteiger partial charge in [0.25, 0.3) is 0 Å². The van der Waals surface area contributed by atoms with Gasteiger partial charge in [-0.15, -0.1) is 0 Å². The van der Waals surface area contributed by atoms with Crippen LogP contribution in [0.15, 0.2) is 0 Å². The summed E-state index contributed by atoms with van der Waals surface area (Å²) in [5.41, 5.74) is 3.81. The molecular formula is C13H20N2O2. The molecule has 4 heteroatoms. The van der Waals surface area contributed by atoms with Crippen molar-refractivity contribution >= 4 is 5.97 Å². The molecule has 1 aliphatic carbocycles. The summed E-state index contributed by atoms with van der Waals surface area (Å²) in [5.74, 6) is 0.577. The van der Waals surface area contributed by atoms with E-state index < -0.39 is 0 Å². The zero-order chi connectivity index (χ0) is 12.4. The fourth-order valence-corrected chi connectivity index (χ4v) is 2.08. The van der Waals surface area contributed by atoms with Crippen LogP contribution in [0, 0.1) is 19.8 Å². The Bertz CT molecular complexity index is 419. The molecule has 94 valence electrons. The van der Waals surface area contributed by atoms with Gasteiger partial charge in [-0.05, 0) is 50.3 Å².